The molecule has 1 rings (SSSR count). The Bertz CT molecular complexity index is 176. The molecular weight excluding hydrogens is 164 g/mol. The van der Waals surface area contributed by atoms with E-state index in [0.717, 1.165) is 25.7 Å². The zero-order valence-electron chi connectivity index (χ0n) is 8.44. The van der Waals surface area contributed by atoms with Crippen molar-refractivity contribution in [2.45, 2.75) is 51.0 Å². The van der Waals surface area contributed by atoms with Crippen LogP contribution in [0.5, 0.6) is 0 Å². The number of unbranched alkanes of at least 4 members (excludes halogenated alkanes) is 1. The smallest absolute Gasteiger partial charge is 0.220 e. The average Bonchev–Trinajstić information content (AvgIpc) is 2.02. The van der Waals surface area contributed by atoms with Crippen LogP contribution in [0.15, 0.2) is 0 Å². The zero-order chi connectivity index (χ0) is 9.73. The van der Waals surface area contributed by atoms with Crippen LogP contribution >= 0.6 is 0 Å². The van der Waals surface area contributed by atoms with Crippen molar-refractivity contribution in [3.8, 4) is 0 Å². The molecule has 1 amide bonds. The number of nitrogens with one attached hydrogen (secondary N) is 1. The molecule has 1 fully saturated rings. The highest BCUT2D eigenvalue weighted by Crippen LogP contribution is 2.30. The molecule has 3 N–H and O–H groups in total. The van der Waals surface area contributed by atoms with E-state index >= 15 is 0 Å². The number of amides is 1. The Morgan fingerprint density at radius 3 is 2.62 bits per heavy atom. The van der Waals surface area contributed by atoms with Crippen molar-refractivity contribution in [1.82, 2.24) is 5.32 Å². The minimum absolute atomic E-state index is 0.111. The summed E-state index contributed by atoms with van der Waals surface area (Å²) in [5.74, 6) is 0.190. The number of hydrogen-bond donors (Lipinski definition) is 2. The fraction of sp³-hybridized carbons (Fsp3) is 0.900. The van der Waals surface area contributed by atoms with Crippen molar-refractivity contribution in [2.75, 3.05) is 6.54 Å². The molecule has 0 aromatic heterocycles. The van der Waals surface area contributed by atoms with E-state index in [-0.39, 0.29) is 11.4 Å². The first-order valence-corrected chi connectivity index (χ1v) is 5.17. The van der Waals surface area contributed by atoms with Crippen LogP contribution in [0.4, 0.5) is 0 Å². The van der Waals surface area contributed by atoms with E-state index in [1.807, 2.05) is 0 Å². The average molecular weight is 184 g/mol. The molecule has 1 aliphatic rings. The topological polar surface area (TPSA) is 55.1 Å². The molecule has 76 valence electrons. The molecule has 0 bridgehead atoms. The molecule has 0 aromatic carbocycles. The zero-order valence-corrected chi connectivity index (χ0v) is 8.44. The Labute approximate surface area is 80.1 Å². The van der Waals surface area contributed by atoms with Crippen molar-refractivity contribution < 1.29 is 4.79 Å². The second-order valence-corrected chi connectivity index (χ2v) is 4.21. The van der Waals surface area contributed by atoms with E-state index in [0.29, 0.717) is 13.0 Å². The third kappa shape index (κ3) is 3.35. The van der Waals surface area contributed by atoms with Gasteiger partial charge in [-0.3, -0.25) is 4.79 Å². The van der Waals surface area contributed by atoms with Crippen LogP contribution in [-0.4, -0.2) is 18.0 Å². The van der Waals surface area contributed by atoms with Gasteiger partial charge in [-0.1, -0.05) is 0 Å². The van der Waals surface area contributed by atoms with Crippen LogP contribution in [0, 0.1) is 0 Å². The summed E-state index contributed by atoms with van der Waals surface area (Å²) in [5.41, 5.74) is 5.46. The summed E-state index contributed by atoms with van der Waals surface area (Å²) in [7, 11) is 0. The third-order valence-electron chi connectivity index (χ3n) is 2.76. The van der Waals surface area contributed by atoms with E-state index in [1.54, 1.807) is 0 Å². The van der Waals surface area contributed by atoms with Gasteiger partial charge in [-0.2, -0.15) is 0 Å². The van der Waals surface area contributed by atoms with Crippen LogP contribution < -0.4 is 11.1 Å². The van der Waals surface area contributed by atoms with Gasteiger partial charge in [0.25, 0.3) is 0 Å². The van der Waals surface area contributed by atoms with Crippen LogP contribution in [0.2, 0.25) is 0 Å². The maximum absolute atomic E-state index is 11.4. The van der Waals surface area contributed by atoms with Crippen LogP contribution in [0.1, 0.15) is 45.4 Å². The van der Waals surface area contributed by atoms with Crippen molar-refractivity contribution in [1.29, 1.82) is 0 Å². The lowest BCUT2D eigenvalue weighted by Crippen LogP contribution is -2.50. The van der Waals surface area contributed by atoms with Gasteiger partial charge in [0.05, 0.1) is 0 Å². The number of carbonyl (C=O) groups is 1. The summed E-state index contributed by atoms with van der Waals surface area (Å²) in [4.78, 5) is 11.4. The minimum Gasteiger partial charge on any atom is -0.351 e. The van der Waals surface area contributed by atoms with Gasteiger partial charge in [0.2, 0.25) is 5.91 Å². The maximum Gasteiger partial charge on any atom is 0.220 e. The molecular formula is C10H20N2O. The minimum atomic E-state index is 0.111. The van der Waals surface area contributed by atoms with Crippen LogP contribution in [0.25, 0.3) is 0 Å². The first kappa shape index (κ1) is 10.5. The second kappa shape index (κ2) is 4.61. The molecule has 0 unspecified atom stereocenters. The lowest BCUT2D eigenvalue weighted by Gasteiger charge is -2.39. The van der Waals surface area contributed by atoms with Gasteiger partial charge in [-0.05, 0) is 45.6 Å². The van der Waals surface area contributed by atoms with E-state index in [2.05, 4.69) is 12.2 Å². The third-order valence-corrected chi connectivity index (χ3v) is 2.76. The predicted octanol–water partition coefficient (Wildman–Crippen LogP) is 1.17. The standard InChI is InChI=1S/C10H20N2O/c1-10(6-4-7-10)12-9(13)5-2-3-8-11/h2-8,11H2,1H3,(H,12,13). The molecule has 13 heavy (non-hydrogen) atoms. The monoisotopic (exact) mass is 184 g/mol. The van der Waals surface area contributed by atoms with Gasteiger partial charge in [-0.25, -0.2) is 0 Å². The summed E-state index contributed by atoms with van der Waals surface area (Å²) in [6.07, 6.45) is 6.01. The van der Waals surface area contributed by atoms with Gasteiger partial charge in [-0.15, -0.1) is 0 Å². The van der Waals surface area contributed by atoms with Crippen molar-refractivity contribution >= 4 is 5.91 Å². The van der Waals surface area contributed by atoms with Gasteiger partial charge in [0, 0.05) is 12.0 Å². The molecule has 0 aromatic rings. The predicted molar refractivity (Wildman–Crippen MR) is 53.3 cm³/mol. The first-order chi connectivity index (χ1) is 6.16. The van der Waals surface area contributed by atoms with E-state index < -0.39 is 0 Å². The first-order valence-electron chi connectivity index (χ1n) is 5.17. The van der Waals surface area contributed by atoms with E-state index in [4.69, 9.17) is 5.73 Å². The van der Waals surface area contributed by atoms with E-state index in [1.165, 1.54) is 6.42 Å². The molecule has 1 saturated carbocycles. The fourth-order valence-corrected chi connectivity index (χ4v) is 1.66. The highest BCUT2D eigenvalue weighted by Gasteiger charge is 2.32. The molecule has 0 heterocycles. The normalized spacial score (nSPS) is 19.2. The lowest BCUT2D eigenvalue weighted by atomic mass is 9.78. The summed E-state index contributed by atoms with van der Waals surface area (Å²) in [5, 5.41) is 3.07. The summed E-state index contributed by atoms with van der Waals surface area (Å²) < 4.78 is 0. The Kier molecular flexibility index (Phi) is 3.72. The molecule has 3 nitrogen and oxygen atoms in total. The Morgan fingerprint density at radius 1 is 1.46 bits per heavy atom. The molecule has 3 heteroatoms. The molecule has 0 radical (unpaired) electrons. The fourth-order valence-electron chi connectivity index (χ4n) is 1.66. The molecule has 1 aliphatic carbocycles. The Balaban J connectivity index is 2.10. The molecule has 0 spiro atoms. The van der Waals surface area contributed by atoms with Crippen LogP contribution in [-0.2, 0) is 4.79 Å². The number of carbonyl (C=O) groups excluding carboxylic acids is 1. The quantitative estimate of drug-likeness (QED) is 0.630. The Hall–Kier alpha value is -0.570. The SMILES string of the molecule is CC1(NC(=O)CCCCN)CCC1. The Morgan fingerprint density at radius 2 is 2.15 bits per heavy atom. The van der Waals surface area contributed by atoms with Gasteiger partial charge in [0.15, 0.2) is 0 Å². The largest absolute Gasteiger partial charge is 0.351 e. The summed E-state index contributed by atoms with van der Waals surface area (Å²) in [6.45, 7) is 2.81. The highest BCUT2D eigenvalue weighted by molar-refractivity contribution is 5.76. The van der Waals surface area contributed by atoms with Gasteiger partial charge < -0.3 is 11.1 Å². The van der Waals surface area contributed by atoms with Crippen LogP contribution in [0.3, 0.4) is 0 Å². The summed E-state index contributed by atoms with van der Waals surface area (Å²) >= 11 is 0. The van der Waals surface area contributed by atoms with Gasteiger partial charge in [0.1, 0.15) is 0 Å². The van der Waals surface area contributed by atoms with Crippen molar-refractivity contribution in [3.63, 3.8) is 0 Å². The molecule has 0 aliphatic heterocycles. The summed E-state index contributed by atoms with van der Waals surface area (Å²) in [6, 6.07) is 0. The van der Waals surface area contributed by atoms with Crippen molar-refractivity contribution in [2.24, 2.45) is 5.73 Å². The molecule has 0 saturated heterocycles. The van der Waals surface area contributed by atoms with Gasteiger partial charge >= 0.3 is 0 Å². The van der Waals surface area contributed by atoms with Crippen molar-refractivity contribution in [3.05, 3.63) is 0 Å². The highest BCUT2D eigenvalue weighted by atomic mass is 16.1. The maximum atomic E-state index is 11.4. The molecule has 0 atom stereocenters. The van der Waals surface area contributed by atoms with E-state index in [9.17, 15) is 4.79 Å². The number of nitrogens with two attached hydrogens (primary N) is 1. The second-order valence-electron chi connectivity index (χ2n) is 4.21. The number of rotatable bonds is 5. The number of hydrogen-bond acceptors (Lipinski definition) is 2. The lowest BCUT2D eigenvalue weighted by molar-refractivity contribution is -0.123.